The number of rotatable bonds is 6. The van der Waals surface area contributed by atoms with Gasteiger partial charge in [0, 0.05) is 10.6 Å². The molecule has 2 rings (SSSR count). The Labute approximate surface area is 140 Å². The Morgan fingerprint density at radius 2 is 2.09 bits per heavy atom. The normalized spacial score (nSPS) is 14.4. The molecule has 1 aliphatic heterocycles. The summed E-state index contributed by atoms with van der Waals surface area (Å²) in [6.07, 6.45) is 3.78. The van der Waals surface area contributed by atoms with E-state index in [-0.39, 0.29) is 5.97 Å². The first kappa shape index (κ1) is 16.8. The van der Waals surface area contributed by atoms with Gasteiger partial charge >= 0.3 is 5.97 Å². The molecule has 2 N–H and O–H groups in total. The monoisotopic (exact) mass is 336 g/mol. The Bertz CT molecular complexity index is 582. The fraction of sp³-hybridized carbons (Fsp3) is 0.375. The fourth-order valence-electron chi connectivity index (χ4n) is 2.14. The van der Waals surface area contributed by atoms with Gasteiger partial charge in [-0.25, -0.2) is 4.79 Å². The molecule has 1 aromatic rings. The number of benzene rings is 1. The molecule has 0 aliphatic carbocycles. The Morgan fingerprint density at radius 3 is 2.73 bits per heavy atom. The van der Waals surface area contributed by atoms with Crippen LogP contribution in [0.15, 0.2) is 40.4 Å². The van der Waals surface area contributed by atoms with Crippen LogP contribution in [0.1, 0.15) is 18.9 Å². The molecule has 0 radical (unpaired) electrons. The zero-order valence-electron chi connectivity index (χ0n) is 12.8. The zero-order chi connectivity index (χ0) is 15.9. The van der Waals surface area contributed by atoms with Gasteiger partial charge in [0.15, 0.2) is 5.11 Å². The summed E-state index contributed by atoms with van der Waals surface area (Å²) in [7, 11) is 0. The van der Waals surface area contributed by atoms with E-state index in [0.717, 1.165) is 18.5 Å². The molecule has 6 heteroatoms. The number of carbonyl (C=O) groups is 1. The number of thioether (sulfide) groups is 1. The average Bonchev–Trinajstić information content (AvgIpc) is 2.52. The van der Waals surface area contributed by atoms with Crippen molar-refractivity contribution in [1.29, 1.82) is 0 Å². The molecule has 22 heavy (non-hydrogen) atoms. The van der Waals surface area contributed by atoms with E-state index in [9.17, 15) is 4.79 Å². The van der Waals surface area contributed by atoms with E-state index in [1.807, 2.05) is 6.92 Å². The largest absolute Gasteiger partial charge is 0.462 e. The van der Waals surface area contributed by atoms with Gasteiger partial charge in [0.1, 0.15) is 0 Å². The van der Waals surface area contributed by atoms with Gasteiger partial charge in [0.05, 0.1) is 18.7 Å². The van der Waals surface area contributed by atoms with E-state index in [2.05, 4.69) is 41.2 Å². The zero-order valence-corrected chi connectivity index (χ0v) is 14.4. The van der Waals surface area contributed by atoms with E-state index in [1.54, 1.807) is 11.8 Å². The first-order valence-electron chi connectivity index (χ1n) is 7.15. The summed E-state index contributed by atoms with van der Waals surface area (Å²) in [6, 6.07) is 8.47. The molecule has 1 aromatic carbocycles. The summed E-state index contributed by atoms with van der Waals surface area (Å²) in [4.78, 5) is 13.3. The number of nitrogens with one attached hydrogen (secondary N) is 2. The highest BCUT2D eigenvalue weighted by Crippen LogP contribution is 2.15. The number of ether oxygens (including phenoxy) is 1. The number of hydrogen-bond donors (Lipinski definition) is 2. The summed E-state index contributed by atoms with van der Waals surface area (Å²) in [6.45, 7) is 2.67. The van der Waals surface area contributed by atoms with Crippen molar-refractivity contribution in [2.45, 2.75) is 24.7 Å². The standard InChI is InChI=1S/C16H20N2O2S2/c1-11-14(10-17-16(21)18-11)15(19)20-9-3-4-12-5-7-13(22-2)8-6-12/h5-8H,3-4,9-10H2,1-2H3,(H2,17,18,21). The summed E-state index contributed by atoms with van der Waals surface area (Å²) in [5.41, 5.74) is 2.63. The summed E-state index contributed by atoms with van der Waals surface area (Å²) in [5.74, 6) is -0.280. The Balaban J connectivity index is 1.75. The molecule has 0 unspecified atom stereocenters. The van der Waals surface area contributed by atoms with E-state index < -0.39 is 0 Å². The summed E-state index contributed by atoms with van der Waals surface area (Å²) < 4.78 is 5.33. The van der Waals surface area contributed by atoms with Crippen molar-refractivity contribution >= 4 is 35.1 Å². The van der Waals surface area contributed by atoms with Crippen LogP contribution in [0.25, 0.3) is 0 Å². The molecular weight excluding hydrogens is 316 g/mol. The van der Waals surface area contributed by atoms with Crippen molar-refractivity contribution in [3.63, 3.8) is 0 Å². The van der Waals surface area contributed by atoms with Crippen molar-refractivity contribution in [3.8, 4) is 0 Å². The maximum Gasteiger partial charge on any atom is 0.337 e. The maximum absolute atomic E-state index is 12.0. The third-order valence-electron chi connectivity index (χ3n) is 3.43. The lowest BCUT2D eigenvalue weighted by atomic mass is 10.1. The van der Waals surface area contributed by atoms with Crippen LogP contribution in [0, 0.1) is 0 Å². The molecule has 0 saturated heterocycles. The molecule has 1 aliphatic rings. The molecule has 0 saturated carbocycles. The minimum atomic E-state index is -0.280. The molecule has 0 spiro atoms. The first-order valence-corrected chi connectivity index (χ1v) is 8.78. The van der Waals surface area contributed by atoms with E-state index >= 15 is 0 Å². The van der Waals surface area contributed by atoms with Crippen molar-refractivity contribution < 1.29 is 9.53 Å². The van der Waals surface area contributed by atoms with Gasteiger partial charge in [-0.3, -0.25) is 0 Å². The van der Waals surface area contributed by atoms with Gasteiger partial charge in [0.25, 0.3) is 0 Å². The topological polar surface area (TPSA) is 50.4 Å². The predicted octanol–water partition coefficient (Wildman–Crippen LogP) is 2.64. The number of esters is 1. The minimum Gasteiger partial charge on any atom is -0.462 e. The molecule has 0 atom stereocenters. The SMILES string of the molecule is CSc1ccc(CCCOC(=O)C2=C(C)NC(=S)NC2)cc1. The molecular formula is C16H20N2O2S2. The lowest BCUT2D eigenvalue weighted by molar-refractivity contribution is -0.139. The second-order valence-electron chi connectivity index (χ2n) is 5.00. The van der Waals surface area contributed by atoms with Crippen molar-refractivity contribution in [3.05, 3.63) is 41.1 Å². The summed E-state index contributed by atoms with van der Waals surface area (Å²) in [5, 5.41) is 6.41. The molecule has 1 heterocycles. The Kier molecular flexibility index (Phi) is 6.27. The molecule has 0 aromatic heterocycles. The number of aryl methyl sites for hydroxylation is 1. The number of hydrogen-bond acceptors (Lipinski definition) is 4. The van der Waals surface area contributed by atoms with Crippen LogP contribution in [-0.4, -0.2) is 30.5 Å². The molecule has 0 bridgehead atoms. The lowest BCUT2D eigenvalue weighted by Crippen LogP contribution is -2.42. The van der Waals surface area contributed by atoms with Crippen LogP contribution in [-0.2, 0) is 16.0 Å². The quantitative estimate of drug-likeness (QED) is 0.360. The smallest absolute Gasteiger partial charge is 0.337 e. The van der Waals surface area contributed by atoms with Crippen LogP contribution >= 0.6 is 24.0 Å². The highest BCUT2D eigenvalue weighted by Gasteiger charge is 2.19. The highest BCUT2D eigenvalue weighted by molar-refractivity contribution is 7.98. The molecule has 0 amide bonds. The van der Waals surface area contributed by atoms with Crippen molar-refractivity contribution in [2.24, 2.45) is 0 Å². The van der Waals surface area contributed by atoms with Crippen molar-refractivity contribution in [2.75, 3.05) is 19.4 Å². The van der Waals surface area contributed by atoms with Crippen LogP contribution in [0.2, 0.25) is 0 Å². The van der Waals surface area contributed by atoms with Crippen LogP contribution < -0.4 is 10.6 Å². The van der Waals surface area contributed by atoms with Gasteiger partial charge in [-0.05, 0) is 55.9 Å². The van der Waals surface area contributed by atoms with Crippen LogP contribution in [0.4, 0.5) is 0 Å². The third kappa shape index (κ3) is 4.74. The predicted molar refractivity (Wildman–Crippen MR) is 93.9 cm³/mol. The fourth-order valence-corrected chi connectivity index (χ4v) is 2.77. The van der Waals surface area contributed by atoms with E-state index in [0.29, 0.717) is 23.8 Å². The number of thiocarbonyl (C=S) groups is 1. The van der Waals surface area contributed by atoms with E-state index in [4.69, 9.17) is 17.0 Å². The average molecular weight is 336 g/mol. The highest BCUT2D eigenvalue weighted by atomic mass is 32.2. The van der Waals surface area contributed by atoms with Gasteiger partial charge in [-0.2, -0.15) is 0 Å². The minimum absolute atomic E-state index is 0.280. The molecule has 118 valence electrons. The maximum atomic E-state index is 12.0. The lowest BCUT2D eigenvalue weighted by Gasteiger charge is -2.20. The van der Waals surface area contributed by atoms with Gasteiger partial charge < -0.3 is 15.4 Å². The van der Waals surface area contributed by atoms with Crippen LogP contribution in [0.5, 0.6) is 0 Å². The third-order valence-corrected chi connectivity index (χ3v) is 4.42. The molecule has 4 nitrogen and oxygen atoms in total. The second kappa shape index (κ2) is 8.19. The van der Waals surface area contributed by atoms with Crippen LogP contribution in [0.3, 0.4) is 0 Å². The first-order chi connectivity index (χ1) is 10.6. The second-order valence-corrected chi connectivity index (χ2v) is 6.29. The van der Waals surface area contributed by atoms with Gasteiger partial charge in [-0.15, -0.1) is 11.8 Å². The van der Waals surface area contributed by atoms with Gasteiger partial charge in [-0.1, -0.05) is 12.1 Å². The van der Waals surface area contributed by atoms with Gasteiger partial charge in [0.2, 0.25) is 0 Å². The number of carbonyl (C=O) groups excluding carboxylic acids is 1. The Hall–Kier alpha value is -1.53. The molecule has 0 fully saturated rings. The Morgan fingerprint density at radius 1 is 1.36 bits per heavy atom. The van der Waals surface area contributed by atoms with Crippen molar-refractivity contribution in [1.82, 2.24) is 10.6 Å². The summed E-state index contributed by atoms with van der Waals surface area (Å²) >= 11 is 6.72. The number of allylic oxidation sites excluding steroid dienone is 1. The van der Waals surface area contributed by atoms with E-state index in [1.165, 1.54) is 10.5 Å².